The molecule has 5 heterocycles. The minimum Gasteiger partial charge on any atom is -0.337 e. The molecule has 160 valence electrons. The SMILES string of the molecule is Clc1ncnc2[nH]c(Br)cc12.Fc1cc2c(cc1Nc1ncnc3[nH]c(Br)cc13)C=NC2. The number of anilines is 2. The van der Waals surface area contributed by atoms with Crippen molar-refractivity contribution in [2.75, 3.05) is 5.32 Å². The van der Waals surface area contributed by atoms with Crippen molar-refractivity contribution in [3.05, 3.63) is 68.2 Å². The van der Waals surface area contributed by atoms with Gasteiger partial charge in [-0.2, -0.15) is 0 Å². The van der Waals surface area contributed by atoms with Crippen LogP contribution < -0.4 is 5.32 Å². The monoisotopic (exact) mass is 576 g/mol. The molecule has 0 bridgehead atoms. The third-order valence-corrected chi connectivity index (χ3v) is 5.87. The van der Waals surface area contributed by atoms with Crippen LogP contribution in [0.5, 0.6) is 0 Å². The van der Waals surface area contributed by atoms with Gasteiger partial charge in [0, 0.05) is 6.21 Å². The van der Waals surface area contributed by atoms with Crippen molar-refractivity contribution >= 4 is 83.2 Å². The third-order valence-electron chi connectivity index (χ3n) is 4.71. The van der Waals surface area contributed by atoms with E-state index < -0.39 is 0 Å². The maximum atomic E-state index is 14.2. The van der Waals surface area contributed by atoms with E-state index in [0.29, 0.717) is 28.9 Å². The molecule has 32 heavy (non-hydrogen) atoms. The molecular weight excluding hydrogens is 567 g/mol. The highest BCUT2D eigenvalue weighted by molar-refractivity contribution is 9.10. The zero-order valence-corrected chi connectivity index (χ0v) is 19.9. The summed E-state index contributed by atoms with van der Waals surface area (Å²) in [5.41, 5.74) is 3.63. The van der Waals surface area contributed by atoms with Crippen molar-refractivity contribution in [1.82, 2.24) is 29.9 Å². The quantitative estimate of drug-likeness (QED) is 0.226. The van der Waals surface area contributed by atoms with E-state index in [1.54, 1.807) is 12.3 Å². The summed E-state index contributed by atoms with van der Waals surface area (Å²) in [7, 11) is 0. The smallest absolute Gasteiger partial charge is 0.147 e. The van der Waals surface area contributed by atoms with Gasteiger partial charge in [0.2, 0.25) is 0 Å². The number of aromatic amines is 2. The van der Waals surface area contributed by atoms with Gasteiger partial charge in [-0.05, 0) is 67.3 Å². The Morgan fingerprint density at radius 1 is 0.906 bits per heavy atom. The van der Waals surface area contributed by atoms with E-state index in [1.165, 1.54) is 18.7 Å². The van der Waals surface area contributed by atoms with Gasteiger partial charge in [0.05, 0.1) is 32.2 Å². The molecule has 0 spiro atoms. The Morgan fingerprint density at radius 3 is 2.34 bits per heavy atom. The predicted octanol–water partition coefficient (Wildman–Crippen LogP) is 5.91. The summed E-state index contributed by atoms with van der Waals surface area (Å²) >= 11 is 12.4. The van der Waals surface area contributed by atoms with E-state index in [9.17, 15) is 4.39 Å². The Balaban J connectivity index is 0.000000165. The van der Waals surface area contributed by atoms with Gasteiger partial charge in [0.25, 0.3) is 0 Å². The molecule has 0 radical (unpaired) electrons. The van der Waals surface area contributed by atoms with Gasteiger partial charge in [0.1, 0.15) is 40.7 Å². The zero-order chi connectivity index (χ0) is 22.2. The molecule has 0 aliphatic carbocycles. The lowest BCUT2D eigenvalue weighted by Crippen LogP contribution is -1.99. The molecule has 0 fully saturated rings. The van der Waals surface area contributed by atoms with E-state index in [-0.39, 0.29) is 5.82 Å². The Labute approximate surface area is 202 Å². The zero-order valence-electron chi connectivity index (χ0n) is 16.0. The van der Waals surface area contributed by atoms with Crippen molar-refractivity contribution in [1.29, 1.82) is 0 Å². The lowest BCUT2D eigenvalue weighted by molar-refractivity contribution is 0.630. The fourth-order valence-corrected chi connectivity index (χ4v) is 4.26. The van der Waals surface area contributed by atoms with E-state index in [2.05, 4.69) is 72.1 Å². The van der Waals surface area contributed by atoms with Gasteiger partial charge < -0.3 is 15.3 Å². The van der Waals surface area contributed by atoms with Crippen LogP contribution in [0.15, 0.2) is 51.1 Å². The number of halogens is 4. The number of H-pyrrole nitrogens is 2. The molecule has 0 saturated carbocycles. The van der Waals surface area contributed by atoms with Crippen LogP contribution >= 0.6 is 43.5 Å². The topological polar surface area (TPSA) is 108 Å². The van der Waals surface area contributed by atoms with Crippen LogP contribution in [-0.2, 0) is 6.54 Å². The molecule has 1 aromatic carbocycles. The molecule has 8 nitrogen and oxygen atoms in total. The fraction of sp³-hybridized carbons (Fsp3) is 0.0500. The first-order valence-corrected chi connectivity index (χ1v) is 11.2. The Hall–Kier alpha value is -2.89. The first kappa shape index (κ1) is 21.0. The van der Waals surface area contributed by atoms with Crippen LogP contribution in [0.3, 0.4) is 0 Å². The number of aliphatic imine (C=N–C) groups is 1. The van der Waals surface area contributed by atoms with Crippen LogP contribution in [0.2, 0.25) is 5.15 Å². The van der Waals surface area contributed by atoms with E-state index in [0.717, 1.165) is 36.8 Å². The highest BCUT2D eigenvalue weighted by Crippen LogP contribution is 2.29. The van der Waals surface area contributed by atoms with Crippen LogP contribution in [0.4, 0.5) is 15.9 Å². The number of nitrogens with one attached hydrogen (secondary N) is 3. The summed E-state index contributed by atoms with van der Waals surface area (Å²) in [5.74, 6) is 0.233. The molecule has 3 N–H and O–H groups in total. The largest absolute Gasteiger partial charge is 0.337 e. The number of hydrogen-bond acceptors (Lipinski definition) is 6. The second-order valence-electron chi connectivity index (χ2n) is 6.77. The Bertz CT molecular complexity index is 1500. The minimum absolute atomic E-state index is 0.319. The van der Waals surface area contributed by atoms with Crippen molar-refractivity contribution in [3.63, 3.8) is 0 Å². The minimum atomic E-state index is -0.319. The van der Waals surface area contributed by atoms with Gasteiger partial charge in [-0.1, -0.05) is 11.6 Å². The van der Waals surface area contributed by atoms with Gasteiger partial charge in [0.15, 0.2) is 0 Å². The summed E-state index contributed by atoms with van der Waals surface area (Å²) in [6.07, 6.45) is 4.61. The standard InChI is InChI=1S/C14H9BrFN5.C6H3BrClN3/c15-12-3-9-13(18-6-19-14(9)21-12)20-11-2-8-5-17-4-7(8)1-10(11)16;7-4-1-3-5(8)9-2-10-6(3)11-4/h1-3,5-6H,4H2,(H2,18,19,20,21);1-2H,(H,9,10,11). The number of rotatable bonds is 2. The second-order valence-corrected chi connectivity index (χ2v) is 8.84. The van der Waals surface area contributed by atoms with Gasteiger partial charge in [-0.15, -0.1) is 0 Å². The molecule has 12 heteroatoms. The van der Waals surface area contributed by atoms with Gasteiger partial charge in [-0.25, -0.2) is 24.3 Å². The van der Waals surface area contributed by atoms with Crippen LogP contribution in [0.1, 0.15) is 11.1 Å². The average Bonchev–Trinajstić information content (AvgIpc) is 3.46. The van der Waals surface area contributed by atoms with E-state index in [1.807, 2.05) is 12.1 Å². The molecule has 1 aliphatic heterocycles. The highest BCUT2D eigenvalue weighted by atomic mass is 79.9. The van der Waals surface area contributed by atoms with Crippen molar-refractivity contribution < 1.29 is 4.39 Å². The number of hydrogen-bond donors (Lipinski definition) is 3. The average molecular weight is 579 g/mol. The summed E-state index contributed by atoms with van der Waals surface area (Å²) in [5, 5.41) is 5.12. The summed E-state index contributed by atoms with van der Waals surface area (Å²) < 4.78 is 15.8. The maximum absolute atomic E-state index is 14.2. The molecule has 1 aliphatic rings. The molecule has 0 saturated heterocycles. The highest BCUT2D eigenvalue weighted by Gasteiger charge is 2.14. The first-order chi connectivity index (χ1) is 15.5. The first-order valence-electron chi connectivity index (χ1n) is 9.21. The molecule has 0 unspecified atom stereocenters. The summed E-state index contributed by atoms with van der Waals surface area (Å²) in [6.45, 7) is 0.537. The molecule has 5 aromatic rings. The third kappa shape index (κ3) is 4.10. The molecule has 0 atom stereocenters. The van der Waals surface area contributed by atoms with E-state index in [4.69, 9.17) is 11.6 Å². The lowest BCUT2D eigenvalue weighted by Gasteiger charge is -2.09. The Morgan fingerprint density at radius 2 is 1.59 bits per heavy atom. The fourth-order valence-electron chi connectivity index (χ4n) is 3.24. The number of benzene rings is 1. The normalized spacial score (nSPS) is 12.1. The molecule has 0 amide bonds. The van der Waals surface area contributed by atoms with Crippen LogP contribution in [-0.4, -0.2) is 36.1 Å². The molecule has 4 aromatic heterocycles. The Kier molecular flexibility index (Phi) is 5.62. The summed E-state index contributed by atoms with van der Waals surface area (Å²) in [6, 6.07) is 6.95. The second kappa shape index (κ2) is 8.57. The molecule has 6 rings (SSSR count). The van der Waals surface area contributed by atoms with Crippen molar-refractivity contribution in [2.24, 2.45) is 4.99 Å². The maximum Gasteiger partial charge on any atom is 0.147 e. The lowest BCUT2D eigenvalue weighted by atomic mass is 10.1. The van der Waals surface area contributed by atoms with Crippen molar-refractivity contribution in [2.45, 2.75) is 6.54 Å². The summed E-state index contributed by atoms with van der Waals surface area (Å²) in [4.78, 5) is 26.3. The number of aromatic nitrogens is 6. The van der Waals surface area contributed by atoms with Crippen LogP contribution in [0.25, 0.3) is 22.1 Å². The van der Waals surface area contributed by atoms with Gasteiger partial charge >= 0.3 is 0 Å². The van der Waals surface area contributed by atoms with Crippen LogP contribution in [0, 0.1) is 5.82 Å². The van der Waals surface area contributed by atoms with E-state index >= 15 is 0 Å². The number of fused-ring (bicyclic) bond motifs is 3. The van der Waals surface area contributed by atoms with Crippen molar-refractivity contribution in [3.8, 4) is 0 Å². The van der Waals surface area contributed by atoms with Gasteiger partial charge in [-0.3, -0.25) is 4.99 Å². The molecular formula is C20H12Br2ClFN8. The number of nitrogens with zero attached hydrogens (tertiary/aromatic N) is 5. The predicted molar refractivity (Wildman–Crippen MR) is 129 cm³/mol.